The molecule has 0 unspecified atom stereocenters. The maximum atomic E-state index is 12.3. The largest absolute Gasteiger partial charge is 0.385 e. The number of rotatable bonds is 6. The van der Waals surface area contributed by atoms with Gasteiger partial charge in [-0.3, -0.25) is 9.78 Å². The maximum absolute atomic E-state index is 12.3. The van der Waals surface area contributed by atoms with Gasteiger partial charge in [-0.25, -0.2) is 0 Å². The highest BCUT2D eigenvalue weighted by Gasteiger charge is 2.10. The van der Waals surface area contributed by atoms with Gasteiger partial charge in [-0.15, -0.1) is 0 Å². The molecule has 0 bridgehead atoms. The molecule has 5 heteroatoms. The second-order valence-electron chi connectivity index (χ2n) is 5.47. The number of carbonyl (C=O) groups excluding carboxylic acids is 1. The molecule has 0 aliphatic rings. The van der Waals surface area contributed by atoms with Gasteiger partial charge in [-0.1, -0.05) is 26.0 Å². The van der Waals surface area contributed by atoms with Crippen LogP contribution in [-0.2, 0) is 0 Å². The molecule has 0 radical (unpaired) electrons. The zero-order valence-corrected chi connectivity index (χ0v) is 14.4. The monoisotopic (exact) mass is 361 g/mol. The first-order chi connectivity index (χ1) is 10.6. The Kier molecular flexibility index (Phi) is 5.95. The average molecular weight is 362 g/mol. The molecular formula is C17H20BrN3O. The van der Waals surface area contributed by atoms with Gasteiger partial charge < -0.3 is 10.6 Å². The quantitative estimate of drug-likeness (QED) is 0.792. The van der Waals surface area contributed by atoms with E-state index in [1.807, 2.05) is 30.3 Å². The van der Waals surface area contributed by atoms with E-state index in [1.165, 1.54) is 0 Å². The topological polar surface area (TPSA) is 54.0 Å². The minimum atomic E-state index is -0.223. The lowest BCUT2D eigenvalue weighted by atomic mass is 10.1. The number of pyridine rings is 1. The fourth-order valence-corrected chi connectivity index (χ4v) is 2.30. The van der Waals surface area contributed by atoms with E-state index < -0.39 is 0 Å². The van der Waals surface area contributed by atoms with E-state index in [0.717, 1.165) is 28.8 Å². The Bertz CT molecular complexity index is 643. The van der Waals surface area contributed by atoms with Crippen LogP contribution in [0.4, 0.5) is 11.4 Å². The van der Waals surface area contributed by atoms with Crippen molar-refractivity contribution in [3.63, 3.8) is 0 Å². The van der Waals surface area contributed by atoms with Crippen molar-refractivity contribution in [2.75, 3.05) is 17.2 Å². The summed E-state index contributed by atoms with van der Waals surface area (Å²) >= 11 is 3.41. The Morgan fingerprint density at radius 3 is 2.77 bits per heavy atom. The lowest BCUT2D eigenvalue weighted by Gasteiger charge is -2.10. The third-order valence-corrected chi connectivity index (χ3v) is 3.86. The molecule has 0 aliphatic heterocycles. The van der Waals surface area contributed by atoms with Crippen molar-refractivity contribution in [2.45, 2.75) is 20.3 Å². The van der Waals surface area contributed by atoms with E-state index in [2.05, 4.69) is 45.4 Å². The first kappa shape index (κ1) is 16.5. The number of nitrogens with zero attached hydrogens (tertiary/aromatic N) is 1. The van der Waals surface area contributed by atoms with Gasteiger partial charge in [0.1, 0.15) is 5.69 Å². The van der Waals surface area contributed by atoms with Crippen LogP contribution >= 0.6 is 15.9 Å². The molecular weight excluding hydrogens is 342 g/mol. The van der Waals surface area contributed by atoms with Gasteiger partial charge in [0.2, 0.25) is 0 Å². The Balaban J connectivity index is 2.02. The van der Waals surface area contributed by atoms with Crippen LogP contribution in [0.1, 0.15) is 30.8 Å². The molecule has 0 saturated heterocycles. The summed E-state index contributed by atoms with van der Waals surface area (Å²) in [6.07, 6.45) is 2.73. The number of para-hydroxylation sites is 1. The van der Waals surface area contributed by atoms with E-state index in [-0.39, 0.29) is 5.91 Å². The van der Waals surface area contributed by atoms with Gasteiger partial charge in [0.15, 0.2) is 0 Å². The Morgan fingerprint density at radius 1 is 1.27 bits per heavy atom. The van der Waals surface area contributed by atoms with Crippen molar-refractivity contribution >= 4 is 33.2 Å². The zero-order valence-electron chi connectivity index (χ0n) is 12.8. The lowest BCUT2D eigenvalue weighted by Crippen LogP contribution is -2.14. The average Bonchev–Trinajstić information content (AvgIpc) is 2.49. The molecule has 2 rings (SSSR count). The van der Waals surface area contributed by atoms with Gasteiger partial charge in [0.05, 0.1) is 5.69 Å². The second-order valence-corrected chi connectivity index (χ2v) is 6.33. The molecule has 2 N–H and O–H groups in total. The second kappa shape index (κ2) is 7.94. The summed E-state index contributed by atoms with van der Waals surface area (Å²) < 4.78 is 0.842. The summed E-state index contributed by atoms with van der Waals surface area (Å²) in [6.45, 7) is 5.25. The molecule has 1 amide bonds. The molecule has 2 aromatic rings. The Hall–Kier alpha value is -1.88. The van der Waals surface area contributed by atoms with Crippen LogP contribution in [0, 0.1) is 5.92 Å². The molecule has 0 atom stereocenters. The minimum absolute atomic E-state index is 0.223. The van der Waals surface area contributed by atoms with E-state index in [0.29, 0.717) is 11.6 Å². The van der Waals surface area contributed by atoms with Gasteiger partial charge in [0, 0.05) is 22.9 Å². The fourth-order valence-electron chi connectivity index (χ4n) is 1.92. The fraction of sp³-hybridized carbons (Fsp3) is 0.294. The molecule has 116 valence electrons. The molecule has 1 aromatic heterocycles. The number of hydrogen-bond donors (Lipinski definition) is 2. The number of aromatic nitrogens is 1. The summed E-state index contributed by atoms with van der Waals surface area (Å²) in [7, 11) is 0. The van der Waals surface area contributed by atoms with Crippen LogP contribution in [0.15, 0.2) is 47.1 Å². The van der Waals surface area contributed by atoms with Crippen LogP contribution in [-0.4, -0.2) is 17.4 Å². The minimum Gasteiger partial charge on any atom is -0.385 e. The smallest absolute Gasteiger partial charge is 0.274 e. The maximum Gasteiger partial charge on any atom is 0.274 e. The Morgan fingerprint density at radius 2 is 2.05 bits per heavy atom. The predicted molar refractivity (Wildman–Crippen MR) is 94.3 cm³/mol. The number of amides is 1. The highest BCUT2D eigenvalue weighted by atomic mass is 79.9. The summed E-state index contributed by atoms with van der Waals surface area (Å²) in [6, 6.07) is 11.1. The van der Waals surface area contributed by atoms with Crippen LogP contribution in [0.2, 0.25) is 0 Å². The number of hydrogen-bond acceptors (Lipinski definition) is 3. The molecule has 0 saturated carbocycles. The van der Waals surface area contributed by atoms with Crippen LogP contribution < -0.4 is 10.6 Å². The van der Waals surface area contributed by atoms with Crippen molar-refractivity contribution in [1.29, 1.82) is 0 Å². The van der Waals surface area contributed by atoms with E-state index in [1.54, 1.807) is 12.3 Å². The molecule has 1 aromatic carbocycles. The first-order valence-electron chi connectivity index (χ1n) is 7.32. The SMILES string of the molecule is CC(C)CCNc1ccnc(C(=O)Nc2ccccc2Br)c1. The van der Waals surface area contributed by atoms with Crippen LogP contribution in [0.5, 0.6) is 0 Å². The number of halogens is 1. The van der Waals surface area contributed by atoms with Gasteiger partial charge in [-0.2, -0.15) is 0 Å². The molecule has 1 heterocycles. The normalized spacial score (nSPS) is 10.5. The molecule has 0 fully saturated rings. The molecule has 22 heavy (non-hydrogen) atoms. The zero-order chi connectivity index (χ0) is 15.9. The molecule has 0 spiro atoms. The number of anilines is 2. The molecule has 0 aliphatic carbocycles. The van der Waals surface area contributed by atoms with Crippen LogP contribution in [0.3, 0.4) is 0 Å². The summed E-state index contributed by atoms with van der Waals surface area (Å²) in [4.78, 5) is 16.4. The van der Waals surface area contributed by atoms with E-state index in [9.17, 15) is 4.79 Å². The summed E-state index contributed by atoms with van der Waals surface area (Å²) in [5, 5.41) is 6.17. The third-order valence-electron chi connectivity index (χ3n) is 3.17. The number of benzene rings is 1. The van der Waals surface area contributed by atoms with Crippen molar-refractivity contribution in [1.82, 2.24) is 4.98 Å². The van der Waals surface area contributed by atoms with Gasteiger partial charge >= 0.3 is 0 Å². The summed E-state index contributed by atoms with van der Waals surface area (Å²) in [5.41, 5.74) is 2.03. The molecule has 4 nitrogen and oxygen atoms in total. The Labute approximate surface area is 139 Å². The van der Waals surface area contributed by atoms with Gasteiger partial charge in [0.25, 0.3) is 5.91 Å². The van der Waals surface area contributed by atoms with Crippen molar-refractivity contribution in [3.05, 3.63) is 52.8 Å². The van der Waals surface area contributed by atoms with E-state index >= 15 is 0 Å². The van der Waals surface area contributed by atoms with Gasteiger partial charge in [-0.05, 0) is 52.5 Å². The third kappa shape index (κ3) is 4.84. The lowest BCUT2D eigenvalue weighted by molar-refractivity contribution is 0.102. The number of nitrogens with one attached hydrogen (secondary N) is 2. The highest BCUT2D eigenvalue weighted by molar-refractivity contribution is 9.10. The summed E-state index contributed by atoms with van der Waals surface area (Å²) in [5.74, 6) is 0.423. The van der Waals surface area contributed by atoms with Crippen molar-refractivity contribution < 1.29 is 4.79 Å². The van der Waals surface area contributed by atoms with Crippen molar-refractivity contribution in [2.24, 2.45) is 5.92 Å². The first-order valence-corrected chi connectivity index (χ1v) is 8.11. The number of carbonyl (C=O) groups is 1. The van der Waals surface area contributed by atoms with Crippen LogP contribution in [0.25, 0.3) is 0 Å². The van der Waals surface area contributed by atoms with Crippen molar-refractivity contribution in [3.8, 4) is 0 Å². The van der Waals surface area contributed by atoms with E-state index in [4.69, 9.17) is 0 Å². The standard InChI is InChI=1S/C17H20BrN3O/c1-12(2)7-9-19-13-8-10-20-16(11-13)17(22)21-15-6-4-3-5-14(15)18/h3-6,8,10-12H,7,9H2,1-2H3,(H,19,20)(H,21,22). The highest BCUT2D eigenvalue weighted by Crippen LogP contribution is 2.22. The predicted octanol–water partition coefficient (Wildman–Crippen LogP) is 4.55.